The number of rotatable bonds is 1. The van der Waals surface area contributed by atoms with Crippen molar-refractivity contribution in [2.24, 2.45) is 0 Å². The van der Waals surface area contributed by atoms with Gasteiger partial charge in [-0.15, -0.1) is 0 Å². The fraction of sp³-hybridized carbons (Fsp3) is 0.385. The average Bonchev–Trinajstić information content (AvgIpc) is 2.86. The maximum Gasteiger partial charge on any atom is 0.429 e. The molecule has 3 rings (SSSR count). The molecule has 0 spiro atoms. The van der Waals surface area contributed by atoms with Crippen molar-refractivity contribution in [2.45, 2.75) is 18.2 Å². The van der Waals surface area contributed by atoms with Crippen LogP contribution in [0.25, 0.3) is 0 Å². The molecule has 8 heteroatoms. The van der Waals surface area contributed by atoms with E-state index in [1.54, 1.807) is 24.3 Å². The Bertz CT molecular complexity index is 552. The van der Waals surface area contributed by atoms with Crippen molar-refractivity contribution in [3.05, 3.63) is 30.3 Å². The number of urea groups is 1. The van der Waals surface area contributed by atoms with E-state index in [0.717, 1.165) is 10.0 Å². The molecule has 3 N–H and O–H groups in total. The van der Waals surface area contributed by atoms with Gasteiger partial charge in [0.25, 0.3) is 0 Å². The van der Waals surface area contributed by atoms with E-state index in [4.69, 9.17) is 4.74 Å². The minimum Gasteiger partial charge on any atom is -0.446 e. The van der Waals surface area contributed by atoms with Crippen LogP contribution >= 0.6 is 0 Å². The molecule has 0 aromatic heterocycles. The van der Waals surface area contributed by atoms with Crippen LogP contribution in [0.2, 0.25) is 0 Å². The second-order valence-electron chi connectivity index (χ2n) is 4.93. The molecule has 0 bridgehead atoms. The number of carbonyl (C=O) groups is 2. The largest absolute Gasteiger partial charge is 0.446 e. The monoisotopic (exact) mass is 293 g/mol. The Labute approximate surface area is 120 Å². The van der Waals surface area contributed by atoms with Crippen LogP contribution in [0.3, 0.4) is 0 Å². The second kappa shape index (κ2) is 5.23. The number of amides is 3. The number of nitrogens with zero attached hydrogens (tertiary/aromatic N) is 2. The van der Waals surface area contributed by atoms with E-state index in [1.807, 2.05) is 6.07 Å². The zero-order chi connectivity index (χ0) is 15.0. The fourth-order valence-electron chi connectivity index (χ4n) is 2.47. The van der Waals surface area contributed by atoms with Crippen LogP contribution in [-0.4, -0.2) is 63.8 Å². The molecule has 21 heavy (non-hydrogen) atoms. The molecule has 0 radical (unpaired) electrons. The number of aliphatic hydroxyl groups is 2. The molecule has 2 fully saturated rings. The van der Waals surface area contributed by atoms with Gasteiger partial charge in [0.15, 0.2) is 0 Å². The lowest BCUT2D eigenvalue weighted by Crippen LogP contribution is -2.65. The van der Waals surface area contributed by atoms with Crippen LogP contribution in [0, 0.1) is 0 Å². The Morgan fingerprint density at radius 2 is 2.00 bits per heavy atom. The Morgan fingerprint density at radius 1 is 1.29 bits per heavy atom. The molecule has 2 aliphatic rings. The van der Waals surface area contributed by atoms with E-state index in [9.17, 15) is 19.8 Å². The molecule has 2 saturated heterocycles. The number of benzene rings is 1. The number of anilines is 1. The van der Waals surface area contributed by atoms with Gasteiger partial charge in [-0.2, -0.15) is 0 Å². The summed E-state index contributed by atoms with van der Waals surface area (Å²) in [6, 6.07) is 7.40. The van der Waals surface area contributed by atoms with Crippen LogP contribution < -0.4 is 5.32 Å². The summed E-state index contributed by atoms with van der Waals surface area (Å²) in [5.41, 5.74) is 0.562. The number of hydrogen-bond donors (Lipinski definition) is 3. The first kappa shape index (κ1) is 13.7. The third kappa shape index (κ3) is 2.39. The molecule has 2 heterocycles. The Balaban J connectivity index is 1.79. The first-order valence-electron chi connectivity index (χ1n) is 6.53. The van der Waals surface area contributed by atoms with Crippen molar-refractivity contribution >= 4 is 17.8 Å². The maximum absolute atomic E-state index is 12.3. The highest BCUT2D eigenvalue weighted by molar-refractivity contribution is 5.90. The summed E-state index contributed by atoms with van der Waals surface area (Å²) in [6.07, 6.45) is -2.99. The Hall–Kier alpha value is -2.32. The van der Waals surface area contributed by atoms with Crippen molar-refractivity contribution in [1.82, 2.24) is 10.0 Å². The highest BCUT2D eigenvalue weighted by atomic mass is 16.6. The fourth-order valence-corrected chi connectivity index (χ4v) is 2.47. The maximum atomic E-state index is 12.3. The lowest BCUT2D eigenvalue weighted by Gasteiger charge is -2.42. The summed E-state index contributed by atoms with van der Waals surface area (Å²) in [5, 5.41) is 24.4. The van der Waals surface area contributed by atoms with E-state index in [-0.39, 0.29) is 13.2 Å². The van der Waals surface area contributed by atoms with E-state index < -0.39 is 30.4 Å². The van der Waals surface area contributed by atoms with Crippen LogP contribution in [-0.2, 0) is 4.74 Å². The minimum absolute atomic E-state index is 0.0633. The third-order valence-corrected chi connectivity index (χ3v) is 3.55. The average molecular weight is 293 g/mol. The third-order valence-electron chi connectivity index (χ3n) is 3.55. The minimum atomic E-state index is -1.14. The lowest BCUT2D eigenvalue weighted by atomic mass is 10.0. The van der Waals surface area contributed by atoms with Gasteiger partial charge in [-0.25, -0.2) is 19.6 Å². The first-order chi connectivity index (χ1) is 10.1. The SMILES string of the molecule is O=C(Nc1ccccc1)N1C[C@H](O)[C@@H](O)[C@@H]2COC(=O)N21. The molecule has 3 atom stereocenters. The van der Waals surface area contributed by atoms with Gasteiger partial charge >= 0.3 is 12.1 Å². The predicted molar refractivity (Wildman–Crippen MR) is 71.2 cm³/mol. The van der Waals surface area contributed by atoms with Gasteiger partial charge in [0.2, 0.25) is 0 Å². The zero-order valence-corrected chi connectivity index (χ0v) is 11.0. The van der Waals surface area contributed by atoms with Gasteiger partial charge in [0.1, 0.15) is 24.9 Å². The number of β-amino-alcohol motifs (C(OH)–C–C–N with tert-alkyl or cyclic N) is 1. The van der Waals surface area contributed by atoms with Crippen molar-refractivity contribution in [3.63, 3.8) is 0 Å². The van der Waals surface area contributed by atoms with Gasteiger partial charge in [0, 0.05) is 5.69 Å². The Morgan fingerprint density at radius 3 is 2.71 bits per heavy atom. The number of aliphatic hydroxyl groups excluding tert-OH is 2. The molecule has 1 aromatic carbocycles. The van der Waals surface area contributed by atoms with Crippen molar-refractivity contribution in [2.75, 3.05) is 18.5 Å². The quantitative estimate of drug-likeness (QED) is 0.676. The van der Waals surface area contributed by atoms with Gasteiger partial charge in [-0.1, -0.05) is 18.2 Å². The number of cyclic esters (lactones) is 1. The number of nitrogens with one attached hydrogen (secondary N) is 1. The smallest absolute Gasteiger partial charge is 0.429 e. The lowest BCUT2D eigenvalue weighted by molar-refractivity contribution is -0.120. The van der Waals surface area contributed by atoms with Crippen molar-refractivity contribution < 1.29 is 24.5 Å². The highest BCUT2D eigenvalue weighted by Gasteiger charge is 2.50. The molecule has 0 aliphatic carbocycles. The number of hydrogen-bond acceptors (Lipinski definition) is 5. The number of ether oxygens (including phenoxy) is 1. The van der Waals surface area contributed by atoms with Gasteiger partial charge in [-0.3, -0.25) is 0 Å². The molecule has 8 nitrogen and oxygen atoms in total. The molecular weight excluding hydrogens is 278 g/mol. The zero-order valence-electron chi connectivity index (χ0n) is 11.0. The van der Waals surface area contributed by atoms with E-state index in [2.05, 4.69) is 5.32 Å². The normalized spacial score (nSPS) is 28.1. The summed E-state index contributed by atoms with van der Waals surface area (Å²) in [5.74, 6) is 0. The number of carbonyl (C=O) groups excluding carboxylic acids is 2. The topological polar surface area (TPSA) is 102 Å². The standard InChI is InChI=1S/C13H15N3O5/c17-10-6-15(12(19)14-8-4-2-1-3-5-8)16-9(11(10)18)7-21-13(16)20/h1-5,9-11,17-18H,6-7H2,(H,14,19)/t9-,10-,11-/m0/s1. The summed E-state index contributed by atoms with van der Waals surface area (Å²) in [7, 11) is 0. The number of para-hydroxylation sites is 1. The summed E-state index contributed by atoms with van der Waals surface area (Å²) < 4.78 is 4.84. The summed E-state index contributed by atoms with van der Waals surface area (Å²) >= 11 is 0. The van der Waals surface area contributed by atoms with Crippen molar-refractivity contribution in [1.29, 1.82) is 0 Å². The molecule has 0 unspecified atom stereocenters. The molecule has 0 saturated carbocycles. The summed E-state index contributed by atoms with van der Waals surface area (Å²) in [6.45, 7) is -0.252. The molecule has 3 amide bonds. The van der Waals surface area contributed by atoms with Crippen LogP contribution in [0.15, 0.2) is 30.3 Å². The number of fused-ring (bicyclic) bond motifs is 1. The van der Waals surface area contributed by atoms with Crippen molar-refractivity contribution in [3.8, 4) is 0 Å². The second-order valence-corrected chi connectivity index (χ2v) is 4.93. The van der Waals surface area contributed by atoms with E-state index >= 15 is 0 Å². The van der Waals surface area contributed by atoms with E-state index in [1.165, 1.54) is 0 Å². The molecule has 1 aromatic rings. The highest BCUT2D eigenvalue weighted by Crippen LogP contribution is 2.26. The molecule has 112 valence electrons. The van der Waals surface area contributed by atoms with E-state index in [0.29, 0.717) is 5.69 Å². The van der Waals surface area contributed by atoms with Gasteiger partial charge in [0.05, 0.1) is 6.54 Å². The molecular formula is C13H15N3O5. The summed E-state index contributed by atoms with van der Waals surface area (Å²) in [4.78, 5) is 24.0. The van der Waals surface area contributed by atoms with Gasteiger partial charge in [-0.05, 0) is 12.1 Å². The molecule has 2 aliphatic heterocycles. The van der Waals surface area contributed by atoms with Crippen LogP contribution in [0.1, 0.15) is 0 Å². The first-order valence-corrected chi connectivity index (χ1v) is 6.53. The predicted octanol–water partition coefficient (Wildman–Crippen LogP) is -0.00830. The van der Waals surface area contributed by atoms with Crippen LogP contribution in [0.4, 0.5) is 15.3 Å². The number of hydrazine groups is 1. The van der Waals surface area contributed by atoms with Crippen LogP contribution in [0.5, 0.6) is 0 Å². The Kier molecular flexibility index (Phi) is 3.40. The van der Waals surface area contributed by atoms with Gasteiger partial charge < -0.3 is 20.3 Å².